The third-order valence-corrected chi connectivity index (χ3v) is 5.13. The van der Waals surface area contributed by atoms with Crippen molar-refractivity contribution < 1.29 is 23.9 Å². The molecule has 0 bridgehead atoms. The molecule has 1 heterocycles. The summed E-state index contributed by atoms with van der Waals surface area (Å²) in [4.78, 5) is 39.4. The lowest BCUT2D eigenvalue weighted by Crippen LogP contribution is -2.47. The van der Waals surface area contributed by atoms with Crippen LogP contribution in [0.5, 0.6) is 0 Å². The van der Waals surface area contributed by atoms with E-state index in [-0.39, 0.29) is 43.1 Å². The molecule has 10 nitrogen and oxygen atoms in total. The van der Waals surface area contributed by atoms with Gasteiger partial charge in [-0.15, -0.1) is 0 Å². The minimum absolute atomic E-state index is 0.0146. The van der Waals surface area contributed by atoms with Crippen LogP contribution in [0.2, 0.25) is 0 Å². The molecule has 1 aliphatic heterocycles. The summed E-state index contributed by atoms with van der Waals surface area (Å²) < 4.78 is 11.6. The highest BCUT2D eigenvalue weighted by Gasteiger charge is 2.47. The monoisotopic (exact) mass is 479 g/mol. The number of alkyl carbamates (subject to hydrolysis) is 1. The molecule has 0 unspecified atom stereocenters. The summed E-state index contributed by atoms with van der Waals surface area (Å²) in [6.45, 7) is 12.9. The summed E-state index contributed by atoms with van der Waals surface area (Å²) in [7, 11) is 0. The van der Waals surface area contributed by atoms with Gasteiger partial charge in [0.1, 0.15) is 11.3 Å². The van der Waals surface area contributed by atoms with Crippen molar-refractivity contribution in [2.45, 2.75) is 97.2 Å². The number of amides is 3. The summed E-state index contributed by atoms with van der Waals surface area (Å²) >= 11 is 0. The van der Waals surface area contributed by atoms with Gasteiger partial charge >= 0.3 is 6.09 Å². The van der Waals surface area contributed by atoms with E-state index in [9.17, 15) is 14.4 Å². The van der Waals surface area contributed by atoms with Crippen LogP contribution >= 0.6 is 0 Å². The molecule has 34 heavy (non-hydrogen) atoms. The van der Waals surface area contributed by atoms with E-state index in [2.05, 4.69) is 10.6 Å². The van der Waals surface area contributed by atoms with Gasteiger partial charge < -0.3 is 30.7 Å². The molecule has 1 aliphatic rings. The van der Waals surface area contributed by atoms with Crippen molar-refractivity contribution in [3.8, 4) is 0 Å². The number of ether oxygens (including phenoxy) is 2. The number of hydrogen-bond donors (Lipinski definition) is 4. The van der Waals surface area contributed by atoms with Crippen LogP contribution in [0.1, 0.15) is 67.7 Å². The van der Waals surface area contributed by atoms with Crippen LogP contribution in [0.15, 0.2) is 24.3 Å². The van der Waals surface area contributed by atoms with Crippen LogP contribution in [0.4, 0.5) is 4.79 Å². The first kappa shape index (κ1) is 29.2. The first-order chi connectivity index (χ1) is 15.7. The first-order valence-electron chi connectivity index (χ1n) is 11.6. The molecule has 0 spiro atoms. The average Bonchev–Trinajstić information content (AvgIpc) is 2.87. The van der Waals surface area contributed by atoms with Crippen LogP contribution in [0.25, 0.3) is 0 Å². The van der Waals surface area contributed by atoms with E-state index in [0.29, 0.717) is 6.42 Å². The van der Waals surface area contributed by atoms with E-state index in [0.717, 1.165) is 0 Å². The number of amidine groups is 1. The van der Waals surface area contributed by atoms with Crippen molar-refractivity contribution in [3.05, 3.63) is 24.3 Å². The molecule has 1 saturated heterocycles. The van der Waals surface area contributed by atoms with Crippen LogP contribution in [0.3, 0.4) is 0 Å². The van der Waals surface area contributed by atoms with Crippen molar-refractivity contribution >= 4 is 23.7 Å². The van der Waals surface area contributed by atoms with E-state index < -0.39 is 29.6 Å². The fraction of sp³-hybridized carbons (Fsp3) is 0.667. The molecule has 1 rings (SSSR count). The van der Waals surface area contributed by atoms with E-state index in [4.69, 9.17) is 20.6 Å². The van der Waals surface area contributed by atoms with Crippen LogP contribution in [0, 0.1) is 5.41 Å². The SMILES string of the molecule is C/C=C/C=C/C(=O)N1[C@H](C)[C@@H](C[C@H](CC(=O)NCCC(=N)N)NC(=O)OC(C)(C)C)OC1(C)C. The quantitative estimate of drug-likeness (QED) is 0.164. The van der Waals surface area contributed by atoms with Gasteiger partial charge in [0.05, 0.1) is 18.0 Å². The Labute approximate surface area is 202 Å². The molecule has 0 aromatic heterocycles. The maximum atomic E-state index is 12.8. The predicted octanol–water partition coefficient (Wildman–Crippen LogP) is 2.59. The third kappa shape index (κ3) is 9.94. The maximum absolute atomic E-state index is 12.8. The Hall–Kier alpha value is -2.88. The number of nitrogens with two attached hydrogens (primary N) is 1. The smallest absolute Gasteiger partial charge is 0.407 e. The second kappa shape index (κ2) is 12.5. The Kier molecular flexibility index (Phi) is 10.8. The molecular weight excluding hydrogens is 438 g/mol. The van der Waals surface area contributed by atoms with E-state index in [1.807, 2.05) is 33.8 Å². The minimum Gasteiger partial charge on any atom is -0.444 e. The van der Waals surface area contributed by atoms with Crippen LogP contribution in [-0.4, -0.2) is 64.7 Å². The summed E-state index contributed by atoms with van der Waals surface area (Å²) in [5.41, 5.74) is 3.78. The van der Waals surface area contributed by atoms with Gasteiger partial charge in [-0.2, -0.15) is 0 Å². The molecule has 3 amide bonds. The zero-order valence-corrected chi connectivity index (χ0v) is 21.4. The highest BCUT2D eigenvalue weighted by Crippen LogP contribution is 2.34. The first-order valence-corrected chi connectivity index (χ1v) is 11.6. The topological polar surface area (TPSA) is 147 Å². The number of nitrogens with one attached hydrogen (secondary N) is 3. The van der Waals surface area contributed by atoms with Gasteiger partial charge in [0.15, 0.2) is 0 Å². The van der Waals surface area contributed by atoms with E-state index in [1.165, 1.54) is 6.08 Å². The van der Waals surface area contributed by atoms with Crippen molar-refractivity contribution in [3.63, 3.8) is 0 Å². The zero-order chi connectivity index (χ0) is 26.1. The summed E-state index contributed by atoms with van der Waals surface area (Å²) in [5.74, 6) is -0.501. The number of carbonyl (C=O) groups is 3. The molecule has 0 aromatic carbocycles. The Morgan fingerprint density at radius 2 is 1.91 bits per heavy atom. The maximum Gasteiger partial charge on any atom is 0.407 e. The van der Waals surface area contributed by atoms with Gasteiger partial charge in [0.2, 0.25) is 11.8 Å². The van der Waals surface area contributed by atoms with Crippen molar-refractivity contribution in [1.29, 1.82) is 5.41 Å². The Bertz CT molecular complexity index is 800. The molecule has 1 fully saturated rings. The van der Waals surface area contributed by atoms with E-state index in [1.54, 1.807) is 37.8 Å². The van der Waals surface area contributed by atoms with Crippen LogP contribution < -0.4 is 16.4 Å². The van der Waals surface area contributed by atoms with Gasteiger partial charge in [-0.3, -0.25) is 15.0 Å². The molecule has 0 aliphatic carbocycles. The fourth-order valence-electron chi connectivity index (χ4n) is 3.80. The normalized spacial score (nSPS) is 21.0. The molecular formula is C24H41N5O5. The number of nitrogens with zero attached hydrogens (tertiary/aromatic N) is 1. The van der Waals surface area contributed by atoms with Gasteiger partial charge in [-0.25, -0.2) is 4.79 Å². The van der Waals surface area contributed by atoms with Crippen molar-refractivity contribution in [1.82, 2.24) is 15.5 Å². The van der Waals surface area contributed by atoms with E-state index >= 15 is 0 Å². The standard InChI is InChI=1S/C24H41N5O5/c1-8-9-10-11-21(31)29-16(2)18(33-24(29,6)7)14-17(28-22(32)34-23(3,4)5)15-20(30)27-13-12-19(25)26/h8-11,16-18H,12-15H2,1-7H3,(H3,25,26)(H,27,30)(H,28,32)/b9-8+,11-10+/t16-,17-,18-/m1/s1. The van der Waals surface area contributed by atoms with Gasteiger partial charge in [-0.05, 0) is 54.9 Å². The number of carbonyl (C=O) groups excluding carboxylic acids is 3. The largest absolute Gasteiger partial charge is 0.444 e. The summed E-state index contributed by atoms with van der Waals surface area (Å²) in [5, 5.41) is 12.7. The highest BCUT2D eigenvalue weighted by molar-refractivity contribution is 5.89. The van der Waals surface area contributed by atoms with Gasteiger partial charge in [0.25, 0.3) is 0 Å². The Morgan fingerprint density at radius 3 is 2.47 bits per heavy atom. The molecule has 192 valence electrons. The number of hydrogen-bond acceptors (Lipinski definition) is 6. The third-order valence-electron chi connectivity index (χ3n) is 5.13. The molecule has 5 N–H and O–H groups in total. The predicted molar refractivity (Wildman–Crippen MR) is 131 cm³/mol. The molecule has 0 saturated carbocycles. The lowest BCUT2D eigenvalue weighted by molar-refractivity contribution is -0.141. The summed E-state index contributed by atoms with van der Waals surface area (Å²) in [6.07, 6.45) is 6.24. The molecule has 0 aromatic rings. The molecule has 3 atom stereocenters. The minimum atomic E-state index is -0.859. The Balaban J connectivity index is 2.97. The van der Waals surface area contributed by atoms with Crippen molar-refractivity contribution in [2.24, 2.45) is 5.73 Å². The van der Waals surface area contributed by atoms with Crippen LogP contribution in [-0.2, 0) is 19.1 Å². The molecule has 0 radical (unpaired) electrons. The fourth-order valence-corrected chi connectivity index (χ4v) is 3.80. The number of allylic oxidation sites excluding steroid dienone is 3. The Morgan fingerprint density at radius 1 is 1.26 bits per heavy atom. The average molecular weight is 480 g/mol. The summed E-state index contributed by atoms with van der Waals surface area (Å²) in [6, 6.07) is -0.884. The lowest BCUT2D eigenvalue weighted by Gasteiger charge is -2.31. The molecule has 10 heteroatoms. The second-order valence-electron chi connectivity index (χ2n) is 9.84. The van der Waals surface area contributed by atoms with Crippen molar-refractivity contribution in [2.75, 3.05) is 6.54 Å². The lowest BCUT2D eigenvalue weighted by atomic mass is 10.0. The zero-order valence-electron chi connectivity index (χ0n) is 21.4. The highest BCUT2D eigenvalue weighted by atomic mass is 16.6. The van der Waals surface area contributed by atoms with Gasteiger partial charge in [0, 0.05) is 31.5 Å². The second-order valence-corrected chi connectivity index (χ2v) is 9.84. The van der Waals surface area contributed by atoms with Gasteiger partial charge in [-0.1, -0.05) is 18.2 Å². The number of rotatable bonds is 10.